The van der Waals surface area contributed by atoms with Crippen LogP contribution in [0.25, 0.3) is 4.91 Å². The third kappa shape index (κ3) is 3.02. The van der Waals surface area contributed by atoms with E-state index in [0.717, 1.165) is 22.3 Å². The highest BCUT2D eigenvalue weighted by Crippen LogP contribution is 2.56. The first-order valence-electron chi connectivity index (χ1n) is 7.42. The number of amidine groups is 1. The standard InChI is InChI=1S/C16H21N3S.2ClH/c17-16-19-10-15(11-4-2-1-3-5-11)20(16)14-6-12-8-18-9-13(12)7-14;;/h1-5,10,12-14,18,20H,6-9H2,(H2,17,19);2*1H/t12-,13+,14+;;. The molecule has 3 aliphatic rings. The van der Waals surface area contributed by atoms with Crippen LogP contribution in [-0.2, 0) is 0 Å². The molecule has 0 spiro atoms. The fraction of sp³-hybridized carbons (Fsp3) is 0.438. The van der Waals surface area contributed by atoms with E-state index < -0.39 is 10.9 Å². The van der Waals surface area contributed by atoms with Crippen molar-refractivity contribution in [1.29, 1.82) is 0 Å². The van der Waals surface area contributed by atoms with E-state index in [2.05, 4.69) is 40.6 Å². The first kappa shape index (κ1) is 17.7. The third-order valence-corrected chi connectivity index (χ3v) is 7.54. The summed E-state index contributed by atoms with van der Waals surface area (Å²) in [5.74, 6) is 1.74. The number of thiol groups is 1. The van der Waals surface area contributed by atoms with E-state index in [0.29, 0.717) is 0 Å². The molecule has 0 bridgehead atoms. The lowest BCUT2D eigenvalue weighted by atomic mass is 10.0. The molecule has 2 fully saturated rings. The van der Waals surface area contributed by atoms with Gasteiger partial charge >= 0.3 is 0 Å². The van der Waals surface area contributed by atoms with Gasteiger partial charge < -0.3 is 11.1 Å². The van der Waals surface area contributed by atoms with E-state index in [4.69, 9.17) is 5.73 Å². The van der Waals surface area contributed by atoms with Gasteiger partial charge in [-0.05, 0) is 48.6 Å². The zero-order valence-corrected chi connectivity index (χ0v) is 14.8. The van der Waals surface area contributed by atoms with E-state index in [1.807, 2.05) is 6.20 Å². The monoisotopic (exact) mass is 359 g/mol. The Balaban J connectivity index is 0.000000882. The van der Waals surface area contributed by atoms with Crippen molar-refractivity contribution in [1.82, 2.24) is 5.32 Å². The highest BCUT2D eigenvalue weighted by molar-refractivity contribution is 8.37. The minimum Gasteiger partial charge on any atom is -0.379 e. The molecule has 3 N–H and O–H groups in total. The molecular weight excluding hydrogens is 337 g/mol. The molecule has 0 radical (unpaired) electrons. The number of nitrogens with one attached hydrogen (secondary N) is 1. The molecule has 22 heavy (non-hydrogen) atoms. The summed E-state index contributed by atoms with van der Waals surface area (Å²) in [7, 11) is -0.411. The molecule has 1 saturated carbocycles. The second-order valence-corrected chi connectivity index (χ2v) is 8.45. The normalized spacial score (nSPS) is 34.2. The summed E-state index contributed by atoms with van der Waals surface area (Å²) in [5.41, 5.74) is 7.55. The molecule has 3 nitrogen and oxygen atoms in total. The number of hydrogen-bond donors (Lipinski definition) is 3. The van der Waals surface area contributed by atoms with Crippen LogP contribution in [-0.4, -0.2) is 23.5 Å². The van der Waals surface area contributed by atoms with Crippen molar-refractivity contribution in [2.45, 2.75) is 18.1 Å². The summed E-state index contributed by atoms with van der Waals surface area (Å²) in [5, 5.41) is 5.14. The van der Waals surface area contributed by atoms with Gasteiger partial charge in [0.15, 0.2) is 0 Å². The van der Waals surface area contributed by atoms with Gasteiger partial charge in [0.25, 0.3) is 0 Å². The minimum absolute atomic E-state index is 0. The minimum atomic E-state index is -0.411. The smallest absolute Gasteiger partial charge is 0.142 e. The highest BCUT2D eigenvalue weighted by atomic mass is 35.5. The maximum Gasteiger partial charge on any atom is 0.142 e. The number of benzene rings is 1. The van der Waals surface area contributed by atoms with Crippen LogP contribution in [0.4, 0.5) is 0 Å². The van der Waals surface area contributed by atoms with Crippen LogP contribution in [0.5, 0.6) is 0 Å². The average Bonchev–Trinajstić information content (AvgIpc) is 3.13. The molecule has 2 heterocycles. The van der Waals surface area contributed by atoms with Gasteiger partial charge in [-0.2, -0.15) is 10.9 Å². The van der Waals surface area contributed by atoms with Crippen LogP contribution in [0, 0.1) is 11.8 Å². The van der Waals surface area contributed by atoms with Crippen molar-refractivity contribution >= 4 is 45.8 Å². The van der Waals surface area contributed by atoms with Crippen molar-refractivity contribution in [2.75, 3.05) is 13.1 Å². The molecule has 2 aliphatic heterocycles. The molecule has 4 rings (SSSR count). The van der Waals surface area contributed by atoms with Crippen molar-refractivity contribution in [3.63, 3.8) is 0 Å². The molecule has 4 atom stereocenters. The highest BCUT2D eigenvalue weighted by Gasteiger charge is 2.42. The van der Waals surface area contributed by atoms with E-state index in [-0.39, 0.29) is 24.8 Å². The number of rotatable bonds is 2. The molecule has 1 unspecified atom stereocenters. The number of halogens is 2. The number of hydrogen-bond acceptors (Lipinski definition) is 3. The fourth-order valence-corrected chi connectivity index (χ4v) is 6.70. The largest absolute Gasteiger partial charge is 0.379 e. The zero-order chi connectivity index (χ0) is 13.5. The lowest BCUT2D eigenvalue weighted by Gasteiger charge is -2.27. The van der Waals surface area contributed by atoms with Gasteiger partial charge in [-0.1, -0.05) is 30.3 Å². The summed E-state index contributed by atoms with van der Waals surface area (Å²) in [6.07, 6.45) is 4.66. The van der Waals surface area contributed by atoms with Crippen LogP contribution < -0.4 is 11.1 Å². The maximum atomic E-state index is 6.25. The molecule has 1 aliphatic carbocycles. The SMILES string of the molecule is Cl.Cl.NC1=NC=C(c2ccccc2)[SH]1[C@@H]1C[C@H]2CNC[C@H]2C1. The Labute approximate surface area is 147 Å². The lowest BCUT2D eigenvalue weighted by Crippen LogP contribution is -2.20. The number of fused-ring (bicyclic) bond motifs is 1. The van der Waals surface area contributed by atoms with Gasteiger partial charge in [0.1, 0.15) is 5.17 Å². The van der Waals surface area contributed by atoms with E-state index in [1.165, 1.54) is 36.4 Å². The van der Waals surface area contributed by atoms with Crippen molar-refractivity contribution in [2.24, 2.45) is 22.6 Å². The molecule has 122 valence electrons. The molecule has 6 heteroatoms. The predicted octanol–water partition coefficient (Wildman–Crippen LogP) is 3.16. The van der Waals surface area contributed by atoms with E-state index in [9.17, 15) is 0 Å². The summed E-state index contributed by atoms with van der Waals surface area (Å²) in [4.78, 5) is 5.84. The molecule has 0 aromatic heterocycles. The van der Waals surface area contributed by atoms with Gasteiger partial charge in [-0.15, -0.1) is 24.8 Å². The Hall–Kier alpha value is -0.680. The second-order valence-electron chi connectivity index (χ2n) is 6.04. The number of nitrogens with zero attached hydrogens (tertiary/aromatic N) is 1. The first-order valence-corrected chi connectivity index (χ1v) is 8.83. The zero-order valence-electron chi connectivity index (χ0n) is 12.3. The molecule has 1 aromatic carbocycles. The Morgan fingerprint density at radius 2 is 1.68 bits per heavy atom. The summed E-state index contributed by atoms with van der Waals surface area (Å²) in [6, 6.07) is 10.6. The molecule has 0 amide bonds. The van der Waals surface area contributed by atoms with E-state index >= 15 is 0 Å². The molecule has 1 aromatic rings. The second kappa shape index (κ2) is 7.26. The topological polar surface area (TPSA) is 50.4 Å². The van der Waals surface area contributed by atoms with Gasteiger partial charge in [0.05, 0.1) is 0 Å². The Morgan fingerprint density at radius 1 is 1.05 bits per heavy atom. The Bertz CT molecular complexity index is 564. The lowest BCUT2D eigenvalue weighted by molar-refractivity contribution is 0.494. The maximum absolute atomic E-state index is 6.25. The molecular formula is C16H23Cl2N3S. The number of aliphatic imine (C=N–C) groups is 1. The first-order chi connectivity index (χ1) is 9.83. The Morgan fingerprint density at radius 3 is 2.32 bits per heavy atom. The van der Waals surface area contributed by atoms with Crippen molar-refractivity contribution in [3.8, 4) is 0 Å². The Kier molecular flexibility index (Phi) is 5.83. The summed E-state index contributed by atoms with van der Waals surface area (Å²) >= 11 is 0. The van der Waals surface area contributed by atoms with Crippen LogP contribution in [0.15, 0.2) is 41.5 Å². The van der Waals surface area contributed by atoms with Crippen LogP contribution >= 0.6 is 35.7 Å². The van der Waals surface area contributed by atoms with Crippen LogP contribution in [0.1, 0.15) is 18.4 Å². The number of nitrogens with two attached hydrogens (primary N) is 1. The average molecular weight is 360 g/mol. The van der Waals surface area contributed by atoms with E-state index in [1.54, 1.807) is 0 Å². The van der Waals surface area contributed by atoms with Crippen molar-refractivity contribution < 1.29 is 0 Å². The summed E-state index contributed by atoms with van der Waals surface area (Å²) in [6.45, 7) is 2.40. The van der Waals surface area contributed by atoms with Crippen molar-refractivity contribution in [3.05, 3.63) is 42.1 Å². The fourth-order valence-electron chi connectivity index (χ4n) is 3.93. The quantitative estimate of drug-likeness (QED) is 0.710. The molecule has 1 saturated heterocycles. The van der Waals surface area contributed by atoms with Gasteiger partial charge in [-0.25, -0.2) is 4.99 Å². The van der Waals surface area contributed by atoms with Gasteiger partial charge in [-0.3, -0.25) is 0 Å². The summed E-state index contributed by atoms with van der Waals surface area (Å²) < 4.78 is 0. The van der Waals surface area contributed by atoms with Crippen LogP contribution in [0.2, 0.25) is 0 Å². The van der Waals surface area contributed by atoms with Gasteiger partial charge in [0.2, 0.25) is 0 Å². The van der Waals surface area contributed by atoms with Gasteiger partial charge in [0, 0.05) is 11.1 Å². The third-order valence-electron chi connectivity index (χ3n) is 4.89. The van der Waals surface area contributed by atoms with Crippen LogP contribution in [0.3, 0.4) is 0 Å². The predicted molar refractivity (Wildman–Crippen MR) is 102 cm³/mol.